The van der Waals surface area contributed by atoms with E-state index in [1.165, 1.54) is 18.2 Å². The Bertz CT molecular complexity index is 461. The first-order chi connectivity index (χ1) is 8.43. The van der Waals surface area contributed by atoms with E-state index in [4.69, 9.17) is 27.9 Å². The van der Waals surface area contributed by atoms with Crippen molar-refractivity contribution in [3.8, 4) is 0 Å². The molecule has 0 heterocycles. The Labute approximate surface area is 115 Å². The Balaban J connectivity index is 2.93. The molecule has 1 amide bonds. The number of hydrogen-bond donors (Lipinski definition) is 1. The Morgan fingerprint density at radius 3 is 2.61 bits per heavy atom. The van der Waals surface area contributed by atoms with Crippen LogP contribution < -0.4 is 5.32 Å². The number of alkyl halides is 1. The summed E-state index contributed by atoms with van der Waals surface area (Å²) in [6, 6.07) is 4.50. The number of nitrogens with one attached hydrogen (secondary N) is 1. The number of amides is 1. The predicted octanol–water partition coefficient (Wildman–Crippen LogP) is 3.08. The van der Waals surface area contributed by atoms with Gasteiger partial charge < -0.3 is 10.1 Å². The first kappa shape index (κ1) is 14.8. The second-order valence-electron chi connectivity index (χ2n) is 3.83. The molecule has 0 aromatic heterocycles. The Morgan fingerprint density at radius 2 is 2.06 bits per heavy atom. The van der Waals surface area contributed by atoms with Crippen molar-refractivity contribution in [2.75, 3.05) is 11.2 Å². The van der Waals surface area contributed by atoms with Crippen molar-refractivity contribution in [2.24, 2.45) is 0 Å². The number of rotatable bonds is 4. The van der Waals surface area contributed by atoms with Gasteiger partial charge in [-0.3, -0.25) is 4.79 Å². The van der Waals surface area contributed by atoms with E-state index in [0.717, 1.165) is 0 Å². The molecule has 0 unspecified atom stereocenters. The summed E-state index contributed by atoms with van der Waals surface area (Å²) in [4.78, 5) is 22.8. The van der Waals surface area contributed by atoms with Crippen LogP contribution in [0, 0.1) is 0 Å². The number of carbonyl (C=O) groups excluding carboxylic acids is 2. The lowest BCUT2D eigenvalue weighted by molar-refractivity contribution is -0.113. The van der Waals surface area contributed by atoms with E-state index < -0.39 is 11.9 Å². The van der Waals surface area contributed by atoms with Crippen LogP contribution in [0.3, 0.4) is 0 Å². The summed E-state index contributed by atoms with van der Waals surface area (Å²) in [5.74, 6) is -1.05. The van der Waals surface area contributed by atoms with Crippen LogP contribution in [0.4, 0.5) is 5.69 Å². The first-order valence-electron chi connectivity index (χ1n) is 5.30. The highest BCUT2D eigenvalue weighted by Crippen LogP contribution is 2.23. The Hall–Kier alpha value is -1.26. The van der Waals surface area contributed by atoms with Gasteiger partial charge in [0.05, 0.1) is 22.4 Å². The number of halogens is 2. The van der Waals surface area contributed by atoms with Gasteiger partial charge in [-0.25, -0.2) is 4.79 Å². The fourth-order valence-electron chi connectivity index (χ4n) is 1.21. The predicted molar refractivity (Wildman–Crippen MR) is 71.4 cm³/mol. The first-order valence-corrected chi connectivity index (χ1v) is 6.21. The number of anilines is 1. The average Bonchev–Trinajstić information content (AvgIpc) is 2.30. The van der Waals surface area contributed by atoms with E-state index in [2.05, 4.69) is 5.32 Å². The third-order valence-electron chi connectivity index (χ3n) is 1.94. The molecule has 0 radical (unpaired) electrons. The van der Waals surface area contributed by atoms with E-state index in [0.29, 0.717) is 16.3 Å². The van der Waals surface area contributed by atoms with Crippen molar-refractivity contribution < 1.29 is 14.3 Å². The van der Waals surface area contributed by atoms with Crippen LogP contribution in [0.5, 0.6) is 0 Å². The molecule has 1 N–H and O–H groups in total. The number of ether oxygens (including phenoxy) is 1. The van der Waals surface area contributed by atoms with Crippen LogP contribution in [0.2, 0.25) is 5.02 Å². The summed E-state index contributed by atoms with van der Waals surface area (Å²) >= 11 is 11.3. The van der Waals surface area contributed by atoms with Crippen molar-refractivity contribution >= 4 is 40.8 Å². The van der Waals surface area contributed by atoms with Gasteiger partial charge in [0, 0.05) is 0 Å². The van der Waals surface area contributed by atoms with Crippen LogP contribution in [-0.2, 0) is 9.53 Å². The second kappa shape index (κ2) is 6.61. The highest BCUT2D eigenvalue weighted by Gasteiger charge is 2.12. The van der Waals surface area contributed by atoms with Crippen LogP contribution in [-0.4, -0.2) is 23.9 Å². The number of carbonyl (C=O) groups is 2. The normalized spacial score (nSPS) is 10.3. The standard InChI is InChI=1S/C12H13Cl2NO3/c1-7(2)18-12(17)8-3-4-9(14)10(5-8)15-11(16)6-13/h3-5,7H,6H2,1-2H3,(H,15,16). The molecule has 0 aliphatic heterocycles. The van der Waals surface area contributed by atoms with E-state index >= 15 is 0 Å². The Kier molecular flexibility index (Phi) is 5.44. The topological polar surface area (TPSA) is 55.4 Å². The van der Waals surface area contributed by atoms with Crippen molar-refractivity contribution in [2.45, 2.75) is 20.0 Å². The van der Waals surface area contributed by atoms with Crippen molar-refractivity contribution in [3.63, 3.8) is 0 Å². The third-order valence-corrected chi connectivity index (χ3v) is 2.51. The molecule has 1 rings (SSSR count). The molecule has 6 heteroatoms. The maximum Gasteiger partial charge on any atom is 0.338 e. The molecule has 98 valence electrons. The minimum atomic E-state index is -0.469. The van der Waals surface area contributed by atoms with Gasteiger partial charge in [0.1, 0.15) is 5.88 Å². The monoisotopic (exact) mass is 289 g/mol. The zero-order chi connectivity index (χ0) is 13.7. The third kappa shape index (κ3) is 4.20. The van der Waals surface area contributed by atoms with Crippen LogP contribution in [0.1, 0.15) is 24.2 Å². The summed E-state index contributed by atoms with van der Waals surface area (Å²) in [6.45, 7) is 3.51. The van der Waals surface area contributed by atoms with E-state index in [9.17, 15) is 9.59 Å². The van der Waals surface area contributed by atoms with E-state index in [-0.39, 0.29) is 12.0 Å². The van der Waals surface area contributed by atoms with Crippen LogP contribution in [0.15, 0.2) is 18.2 Å². The fraction of sp³-hybridized carbons (Fsp3) is 0.333. The zero-order valence-corrected chi connectivity index (χ0v) is 11.5. The van der Waals surface area contributed by atoms with Gasteiger partial charge in [0.15, 0.2) is 0 Å². The average molecular weight is 290 g/mol. The molecule has 0 saturated carbocycles. The zero-order valence-electron chi connectivity index (χ0n) is 10.00. The van der Waals surface area contributed by atoms with E-state index in [1.54, 1.807) is 13.8 Å². The highest BCUT2D eigenvalue weighted by molar-refractivity contribution is 6.34. The summed E-state index contributed by atoms with van der Waals surface area (Å²) in [7, 11) is 0. The largest absolute Gasteiger partial charge is 0.459 e. The molecule has 0 atom stereocenters. The molecule has 4 nitrogen and oxygen atoms in total. The molecule has 0 aliphatic rings. The van der Waals surface area contributed by atoms with Crippen molar-refractivity contribution in [3.05, 3.63) is 28.8 Å². The molecule has 0 aliphatic carbocycles. The maximum absolute atomic E-state index is 11.7. The minimum Gasteiger partial charge on any atom is -0.459 e. The summed E-state index contributed by atoms with van der Waals surface area (Å²) < 4.78 is 5.04. The van der Waals surface area contributed by atoms with Gasteiger partial charge in [0.2, 0.25) is 5.91 Å². The fourth-order valence-corrected chi connectivity index (χ4v) is 1.45. The van der Waals surface area contributed by atoms with Gasteiger partial charge in [-0.1, -0.05) is 11.6 Å². The molecule has 0 spiro atoms. The lowest BCUT2D eigenvalue weighted by Gasteiger charge is -2.10. The molecule has 18 heavy (non-hydrogen) atoms. The molecule has 0 bridgehead atoms. The minimum absolute atomic E-state index is 0.184. The van der Waals surface area contributed by atoms with Crippen molar-refractivity contribution in [1.29, 1.82) is 0 Å². The molecule has 1 aromatic carbocycles. The lowest BCUT2D eigenvalue weighted by Crippen LogP contribution is -2.15. The van der Waals surface area contributed by atoms with Gasteiger partial charge in [-0.15, -0.1) is 11.6 Å². The highest BCUT2D eigenvalue weighted by atomic mass is 35.5. The van der Waals surface area contributed by atoms with Gasteiger partial charge in [-0.05, 0) is 32.0 Å². The molecular formula is C12H13Cl2NO3. The van der Waals surface area contributed by atoms with E-state index in [1.807, 2.05) is 0 Å². The molecular weight excluding hydrogens is 277 g/mol. The maximum atomic E-state index is 11.7. The SMILES string of the molecule is CC(C)OC(=O)c1ccc(Cl)c(NC(=O)CCl)c1. The lowest BCUT2D eigenvalue weighted by atomic mass is 10.2. The smallest absolute Gasteiger partial charge is 0.338 e. The van der Waals surface area contributed by atoms with Crippen molar-refractivity contribution in [1.82, 2.24) is 0 Å². The second-order valence-corrected chi connectivity index (χ2v) is 4.50. The van der Waals surface area contributed by atoms with Crippen LogP contribution in [0.25, 0.3) is 0 Å². The summed E-state index contributed by atoms with van der Waals surface area (Å²) in [5, 5.41) is 2.83. The van der Waals surface area contributed by atoms with Crippen LogP contribution >= 0.6 is 23.2 Å². The molecule has 1 aromatic rings. The number of hydrogen-bond acceptors (Lipinski definition) is 3. The summed E-state index contributed by atoms with van der Waals surface area (Å²) in [5.41, 5.74) is 0.651. The van der Waals surface area contributed by atoms with Gasteiger partial charge >= 0.3 is 5.97 Å². The molecule has 0 fully saturated rings. The van der Waals surface area contributed by atoms with Gasteiger partial charge in [-0.2, -0.15) is 0 Å². The number of benzene rings is 1. The Morgan fingerprint density at radius 1 is 1.39 bits per heavy atom. The quantitative estimate of drug-likeness (QED) is 0.685. The number of esters is 1. The molecule has 0 saturated heterocycles. The van der Waals surface area contributed by atoms with Gasteiger partial charge in [0.25, 0.3) is 0 Å². The summed E-state index contributed by atoms with van der Waals surface area (Å²) in [6.07, 6.45) is -0.214.